The fourth-order valence-electron chi connectivity index (χ4n) is 3.32. The van der Waals surface area contributed by atoms with Gasteiger partial charge in [0.25, 0.3) is 5.91 Å². The Hall–Kier alpha value is -0.940. The second-order valence-corrected chi connectivity index (χ2v) is 6.26. The van der Waals surface area contributed by atoms with E-state index in [0.717, 1.165) is 19.5 Å². The van der Waals surface area contributed by atoms with E-state index in [0.29, 0.717) is 16.0 Å². The summed E-state index contributed by atoms with van der Waals surface area (Å²) < 4.78 is 13.6. The Bertz CT molecular complexity index is 522. The Kier molecular flexibility index (Phi) is 3.35. The van der Waals surface area contributed by atoms with Crippen LogP contribution in [0, 0.1) is 11.7 Å². The van der Waals surface area contributed by atoms with Crippen LogP contribution in [0.4, 0.5) is 4.39 Å². The van der Waals surface area contributed by atoms with Crippen LogP contribution in [0.5, 0.6) is 0 Å². The highest BCUT2D eigenvalue weighted by Gasteiger charge is 2.44. The number of benzene rings is 1. The van der Waals surface area contributed by atoms with Gasteiger partial charge in [0, 0.05) is 29.6 Å². The van der Waals surface area contributed by atoms with Crippen LogP contribution in [0.15, 0.2) is 22.7 Å². The molecule has 3 unspecified atom stereocenters. The van der Waals surface area contributed by atoms with Gasteiger partial charge in [-0.15, -0.1) is 0 Å². The van der Waals surface area contributed by atoms with Gasteiger partial charge < -0.3 is 10.2 Å². The predicted molar refractivity (Wildman–Crippen MR) is 74.5 cm³/mol. The molecule has 2 aliphatic heterocycles. The first-order valence-corrected chi connectivity index (χ1v) is 7.35. The molecule has 0 saturated carbocycles. The SMILES string of the molecule is CC1CC2CNCC2N1C(=O)c1ccc(F)cc1Br. The highest BCUT2D eigenvalue weighted by atomic mass is 79.9. The molecule has 2 saturated heterocycles. The molecule has 1 aromatic carbocycles. The third kappa shape index (κ3) is 2.19. The Morgan fingerprint density at radius 3 is 3.00 bits per heavy atom. The minimum atomic E-state index is -0.335. The number of fused-ring (bicyclic) bond motifs is 1. The first-order valence-electron chi connectivity index (χ1n) is 6.56. The van der Waals surface area contributed by atoms with Crippen LogP contribution >= 0.6 is 15.9 Å². The standard InChI is InChI=1S/C14H16BrFN2O/c1-8-4-9-6-17-7-13(9)18(8)14(19)11-3-2-10(16)5-12(11)15/h2-3,5,8-9,13,17H,4,6-7H2,1H3. The van der Waals surface area contributed by atoms with Crippen molar-refractivity contribution in [3.05, 3.63) is 34.1 Å². The molecule has 0 spiro atoms. The van der Waals surface area contributed by atoms with Crippen LogP contribution in [0.3, 0.4) is 0 Å². The zero-order chi connectivity index (χ0) is 13.6. The van der Waals surface area contributed by atoms with Gasteiger partial charge in [0.05, 0.1) is 5.56 Å². The molecule has 2 fully saturated rings. The van der Waals surface area contributed by atoms with E-state index in [2.05, 4.69) is 28.2 Å². The number of carbonyl (C=O) groups excluding carboxylic acids is 1. The van der Waals surface area contributed by atoms with E-state index in [-0.39, 0.29) is 23.8 Å². The Labute approximate surface area is 120 Å². The van der Waals surface area contributed by atoms with Gasteiger partial charge in [0.15, 0.2) is 0 Å². The summed E-state index contributed by atoms with van der Waals surface area (Å²) >= 11 is 3.28. The van der Waals surface area contributed by atoms with Crippen molar-refractivity contribution in [3.63, 3.8) is 0 Å². The molecule has 5 heteroatoms. The number of nitrogens with zero attached hydrogens (tertiary/aromatic N) is 1. The molecular formula is C14H16BrFN2O. The number of halogens is 2. The van der Waals surface area contributed by atoms with E-state index < -0.39 is 0 Å². The van der Waals surface area contributed by atoms with Gasteiger partial charge in [0.1, 0.15) is 5.82 Å². The first kappa shape index (κ1) is 13.1. The fraction of sp³-hybridized carbons (Fsp3) is 0.500. The lowest BCUT2D eigenvalue weighted by molar-refractivity contribution is 0.0681. The number of carbonyl (C=O) groups is 1. The minimum absolute atomic E-state index is 0.00410. The molecule has 0 aliphatic carbocycles. The van der Waals surface area contributed by atoms with E-state index in [1.165, 1.54) is 12.1 Å². The molecule has 0 bridgehead atoms. The lowest BCUT2D eigenvalue weighted by atomic mass is 10.0. The molecule has 1 N–H and O–H groups in total. The van der Waals surface area contributed by atoms with Crippen LogP contribution in [-0.2, 0) is 0 Å². The maximum absolute atomic E-state index is 13.1. The predicted octanol–water partition coefficient (Wildman–Crippen LogP) is 2.41. The number of likely N-dealkylation sites (tertiary alicyclic amines) is 1. The van der Waals surface area contributed by atoms with Crippen molar-refractivity contribution in [3.8, 4) is 0 Å². The van der Waals surface area contributed by atoms with E-state index >= 15 is 0 Å². The van der Waals surface area contributed by atoms with Crippen molar-refractivity contribution < 1.29 is 9.18 Å². The Balaban J connectivity index is 1.90. The van der Waals surface area contributed by atoms with Crippen LogP contribution in [0.25, 0.3) is 0 Å². The molecule has 0 aromatic heterocycles. The van der Waals surface area contributed by atoms with Gasteiger partial charge in [-0.05, 0) is 53.4 Å². The molecule has 0 radical (unpaired) electrons. The Morgan fingerprint density at radius 2 is 2.26 bits per heavy atom. The van der Waals surface area contributed by atoms with E-state index in [1.807, 2.05) is 4.90 Å². The molecule has 3 rings (SSSR count). The van der Waals surface area contributed by atoms with Gasteiger partial charge in [-0.1, -0.05) is 0 Å². The number of hydrogen-bond donors (Lipinski definition) is 1. The summed E-state index contributed by atoms with van der Waals surface area (Å²) in [6.45, 7) is 3.94. The topological polar surface area (TPSA) is 32.3 Å². The lowest BCUT2D eigenvalue weighted by Gasteiger charge is -2.28. The van der Waals surface area contributed by atoms with Crippen molar-refractivity contribution in [2.45, 2.75) is 25.4 Å². The van der Waals surface area contributed by atoms with Crippen LogP contribution in [-0.4, -0.2) is 36.0 Å². The number of rotatable bonds is 1. The molecule has 3 atom stereocenters. The molecule has 2 heterocycles. The molecule has 3 nitrogen and oxygen atoms in total. The maximum Gasteiger partial charge on any atom is 0.255 e. The van der Waals surface area contributed by atoms with Crippen molar-refractivity contribution >= 4 is 21.8 Å². The third-order valence-electron chi connectivity index (χ3n) is 4.18. The zero-order valence-electron chi connectivity index (χ0n) is 10.7. The Morgan fingerprint density at radius 1 is 1.47 bits per heavy atom. The molecule has 1 aromatic rings. The molecule has 19 heavy (non-hydrogen) atoms. The van der Waals surface area contributed by atoms with Crippen molar-refractivity contribution in [1.29, 1.82) is 0 Å². The average Bonchev–Trinajstić information content (AvgIpc) is 2.87. The number of hydrogen-bond acceptors (Lipinski definition) is 2. The van der Waals surface area contributed by atoms with Gasteiger partial charge in [0.2, 0.25) is 0 Å². The number of amides is 1. The smallest absolute Gasteiger partial charge is 0.255 e. The summed E-state index contributed by atoms with van der Waals surface area (Å²) in [4.78, 5) is 14.6. The van der Waals surface area contributed by atoms with Gasteiger partial charge in [-0.3, -0.25) is 4.79 Å². The van der Waals surface area contributed by atoms with Gasteiger partial charge in [-0.2, -0.15) is 0 Å². The second kappa shape index (κ2) is 4.87. The minimum Gasteiger partial charge on any atom is -0.331 e. The second-order valence-electron chi connectivity index (χ2n) is 5.41. The number of nitrogens with one attached hydrogen (secondary N) is 1. The summed E-state index contributed by atoms with van der Waals surface area (Å²) in [6, 6.07) is 4.77. The first-order chi connectivity index (χ1) is 9.08. The largest absolute Gasteiger partial charge is 0.331 e. The highest BCUT2D eigenvalue weighted by Crippen LogP contribution is 2.34. The fourth-order valence-corrected chi connectivity index (χ4v) is 3.84. The van der Waals surface area contributed by atoms with E-state index in [9.17, 15) is 9.18 Å². The normalized spacial score (nSPS) is 29.6. The van der Waals surface area contributed by atoms with E-state index in [1.54, 1.807) is 6.07 Å². The van der Waals surface area contributed by atoms with Crippen molar-refractivity contribution in [2.75, 3.05) is 13.1 Å². The summed E-state index contributed by atoms with van der Waals surface area (Å²) in [7, 11) is 0. The summed E-state index contributed by atoms with van der Waals surface area (Å²) in [5.41, 5.74) is 0.542. The summed E-state index contributed by atoms with van der Waals surface area (Å²) in [6.07, 6.45) is 1.04. The quantitative estimate of drug-likeness (QED) is 0.859. The molecular weight excluding hydrogens is 311 g/mol. The molecule has 1 amide bonds. The van der Waals surface area contributed by atoms with Crippen molar-refractivity contribution in [2.24, 2.45) is 5.92 Å². The van der Waals surface area contributed by atoms with Crippen LogP contribution < -0.4 is 5.32 Å². The van der Waals surface area contributed by atoms with Crippen LogP contribution in [0.2, 0.25) is 0 Å². The monoisotopic (exact) mass is 326 g/mol. The summed E-state index contributed by atoms with van der Waals surface area (Å²) in [5, 5.41) is 3.34. The van der Waals surface area contributed by atoms with Crippen LogP contribution in [0.1, 0.15) is 23.7 Å². The average molecular weight is 327 g/mol. The van der Waals surface area contributed by atoms with E-state index in [4.69, 9.17) is 0 Å². The lowest BCUT2D eigenvalue weighted by Crippen LogP contribution is -2.42. The summed E-state index contributed by atoms with van der Waals surface area (Å²) in [5.74, 6) is 0.215. The molecule has 102 valence electrons. The third-order valence-corrected chi connectivity index (χ3v) is 4.83. The van der Waals surface area contributed by atoms with Gasteiger partial charge >= 0.3 is 0 Å². The van der Waals surface area contributed by atoms with Gasteiger partial charge in [-0.25, -0.2) is 4.39 Å². The maximum atomic E-state index is 13.1. The van der Waals surface area contributed by atoms with Crippen molar-refractivity contribution in [1.82, 2.24) is 10.2 Å². The highest BCUT2D eigenvalue weighted by molar-refractivity contribution is 9.10. The zero-order valence-corrected chi connectivity index (χ0v) is 12.3. The molecule has 2 aliphatic rings.